The summed E-state index contributed by atoms with van der Waals surface area (Å²) in [5.74, 6) is -0.575. The lowest BCUT2D eigenvalue weighted by molar-refractivity contribution is -0.147. The van der Waals surface area contributed by atoms with E-state index in [2.05, 4.69) is 0 Å². The van der Waals surface area contributed by atoms with Crippen LogP contribution in [0.3, 0.4) is 0 Å². The number of hydrogen-bond donors (Lipinski definition) is 0. The van der Waals surface area contributed by atoms with Crippen molar-refractivity contribution < 1.29 is 45.4 Å². The summed E-state index contributed by atoms with van der Waals surface area (Å²) >= 11 is 0. The van der Waals surface area contributed by atoms with Crippen LogP contribution in [0.2, 0.25) is 0 Å². The minimum Gasteiger partial charge on any atom is -0.465 e. The van der Waals surface area contributed by atoms with E-state index in [1.54, 1.807) is 27.7 Å². The molecule has 0 N–H and O–H groups in total. The molecule has 0 bridgehead atoms. The summed E-state index contributed by atoms with van der Waals surface area (Å²) in [7, 11) is -4.27. The summed E-state index contributed by atoms with van der Waals surface area (Å²) in [6.45, 7) is 6.64. The van der Waals surface area contributed by atoms with Gasteiger partial charge in [0.15, 0.2) is 14.6 Å². The molecule has 38 heavy (non-hydrogen) atoms. The minimum atomic E-state index is -4.48. The molecular formula is C26H30F3NO7S. The van der Waals surface area contributed by atoms with Crippen LogP contribution in [0.15, 0.2) is 53.4 Å². The number of rotatable bonds is 6. The molecule has 0 radical (unpaired) electrons. The topological polar surface area (TPSA) is 99.2 Å². The number of benzene rings is 2. The van der Waals surface area contributed by atoms with Gasteiger partial charge in [-0.25, -0.2) is 13.2 Å². The third-order valence-electron chi connectivity index (χ3n) is 5.94. The van der Waals surface area contributed by atoms with Gasteiger partial charge in [-0.15, -0.1) is 0 Å². The number of carbonyl (C=O) groups is 2. The largest absolute Gasteiger partial charge is 0.465 e. The van der Waals surface area contributed by atoms with Crippen molar-refractivity contribution in [2.24, 2.45) is 0 Å². The average molecular weight is 558 g/mol. The predicted molar refractivity (Wildman–Crippen MR) is 132 cm³/mol. The van der Waals surface area contributed by atoms with Gasteiger partial charge in [0.1, 0.15) is 17.1 Å². The number of piperidine rings is 1. The zero-order valence-electron chi connectivity index (χ0n) is 21.5. The van der Waals surface area contributed by atoms with Crippen molar-refractivity contribution in [3.05, 3.63) is 54.1 Å². The molecule has 0 aromatic heterocycles. The maximum absolute atomic E-state index is 13.7. The molecule has 8 nitrogen and oxygen atoms in total. The number of esters is 1. The molecular weight excluding hydrogens is 527 g/mol. The molecule has 0 saturated carbocycles. The third-order valence-corrected chi connectivity index (χ3v) is 8.43. The molecule has 0 atom stereocenters. The summed E-state index contributed by atoms with van der Waals surface area (Å²) in [6, 6.07) is 9.27. The Kier molecular flexibility index (Phi) is 8.35. The van der Waals surface area contributed by atoms with Gasteiger partial charge in [-0.3, -0.25) is 4.79 Å². The number of nitrogens with zero attached hydrogens (tertiary/aromatic N) is 1. The van der Waals surface area contributed by atoms with Crippen LogP contribution >= 0.6 is 0 Å². The van der Waals surface area contributed by atoms with Crippen LogP contribution in [-0.4, -0.2) is 55.4 Å². The van der Waals surface area contributed by atoms with E-state index in [1.807, 2.05) is 0 Å². The molecule has 12 heteroatoms. The van der Waals surface area contributed by atoms with Crippen molar-refractivity contribution in [3.8, 4) is 11.5 Å². The molecule has 1 aliphatic heterocycles. The van der Waals surface area contributed by atoms with Crippen LogP contribution in [0.4, 0.5) is 18.0 Å². The van der Waals surface area contributed by atoms with Crippen LogP contribution in [0.25, 0.3) is 0 Å². The van der Waals surface area contributed by atoms with Gasteiger partial charge in [0, 0.05) is 13.1 Å². The van der Waals surface area contributed by atoms with Gasteiger partial charge in [0.05, 0.1) is 17.1 Å². The second-order valence-electron chi connectivity index (χ2n) is 9.78. The lowest BCUT2D eigenvalue weighted by atomic mass is 9.96. The van der Waals surface area contributed by atoms with E-state index in [-0.39, 0.29) is 48.9 Å². The van der Waals surface area contributed by atoms with E-state index in [1.165, 1.54) is 29.2 Å². The van der Waals surface area contributed by atoms with Crippen LogP contribution in [0.5, 0.6) is 11.5 Å². The Morgan fingerprint density at radius 1 is 0.921 bits per heavy atom. The first kappa shape index (κ1) is 29.3. The van der Waals surface area contributed by atoms with E-state index in [0.717, 1.165) is 24.3 Å². The first-order chi connectivity index (χ1) is 17.6. The number of alkyl halides is 3. The summed E-state index contributed by atoms with van der Waals surface area (Å²) < 4.78 is 79.9. The molecule has 0 aliphatic carbocycles. The summed E-state index contributed by atoms with van der Waals surface area (Å²) in [6.07, 6.45) is -5.45. The zero-order chi connectivity index (χ0) is 28.4. The highest BCUT2D eigenvalue weighted by atomic mass is 32.2. The Balaban J connectivity index is 1.81. The summed E-state index contributed by atoms with van der Waals surface area (Å²) in [4.78, 5) is 26.7. The highest BCUT2D eigenvalue weighted by Gasteiger charge is 2.55. The lowest BCUT2D eigenvalue weighted by Crippen LogP contribution is -2.56. The van der Waals surface area contributed by atoms with E-state index in [0.29, 0.717) is 0 Å². The van der Waals surface area contributed by atoms with Crippen molar-refractivity contribution in [1.29, 1.82) is 0 Å². The second-order valence-corrected chi connectivity index (χ2v) is 12.0. The Hall–Kier alpha value is -3.28. The Morgan fingerprint density at radius 2 is 1.42 bits per heavy atom. The van der Waals surface area contributed by atoms with E-state index in [9.17, 15) is 31.2 Å². The number of halogens is 3. The normalized spacial score (nSPS) is 16.0. The summed E-state index contributed by atoms with van der Waals surface area (Å²) in [5, 5.41) is 0. The highest BCUT2D eigenvalue weighted by Crippen LogP contribution is 2.38. The zero-order valence-corrected chi connectivity index (χ0v) is 22.3. The molecule has 1 heterocycles. The molecule has 1 aliphatic rings. The number of carbonyl (C=O) groups excluding carboxylic acids is 2. The van der Waals surface area contributed by atoms with Gasteiger partial charge < -0.3 is 19.1 Å². The van der Waals surface area contributed by atoms with E-state index >= 15 is 0 Å². The van der Waals surface area contributed by atoms with Crippen LogP contribution in [-0.2, 0) is 30.3 Å². The Labute approximate surface area is 219 Å². The number of hydrogen-bond acceptors (Lipinski definition) is 7. The molecule has 0 spiro atoms. The fourth-order valence-electron chi connectivity index (χ4n) is 3.98. The predicted octanol–water partition coefficient (Wildman–Crippen LogP) is 5.60. The monoisotopic (exact) mass is 557 g/mol. The van der Waals surface area contributed by atoms with Crippen molar-refractivity contribution in [3.63, 3.8) is 0 Å². The van der Waals surface area contributed by atoms with Crippen LogP contribution < -0.4 is 4.74 Å². The first-order valence-electron chi connectivity index (χ1n) is 11.9. The van der Waals surface area contributed by atoms with Gasteiger partial charge in [0.2, 0.25) is 0 Å². The smallest absolute Gasteiger partial charge is 0.416 e. The molecule has 1 fully saturated rings. The quantitative estimate of drug-likeness (QED) is 0.426. The maximum atomic E-state index is 13.7. The molecule has 1 saturated heterocycles. The third kappa shape index (κ3) is 6.40. The van der Waals surface area contributed by atoms with Gasteiger partial charge >= 0.3 is 18.2 Å². The van der Waals surface area contributed by atoms with Crippen molar-refractivity contribution in [2.45, 2.75) is 62.0 Å². The number of ether oxygens (including phenoxy) is 3. The van der Waals surface area contributed by atoms with Crippen LogP contribution in [0.1, 0.15) is 46.1 Å². The Morgan fingerprint density at radius 3 is 1.87 bits per heavy atom. The standard InChI is InChI=1S/C26H30F3NO7S/c1-5-35-22(31)25(14-16-30(17-15-25)23(32)37-24(2,3)4)38(33,34)21-12-10-20(11-13-21)36-19-8-6-18(7-9-19)26(27,28)29/h6-13H,5,14-17H2,1-4H3. The van der Waals surface area contributed by atoms with E-state index < -0.39 is 44.0 Å². The SMILES string of the molecule is CCOC(=O)C1(S(=O)(=O)c2ccc(Oc3ccc(C(F)(F)F)cc3)cc2)CCN(C(=O)OC(C)(C)C)CC1. The molecule has 2 aromatic rings. The van der Waals surface area contributed by atoms with Gasteiger partial charge in [-0.1, -0.05) is 0 Å². The highest BCUT2D eigenvalue weighted by molar-refractivity contribution is 7.93. The van der Waals surface area contributed by atoms with Crippen LogP contribution in [0, 0.1) is 0 Å². The molecule has 2 aromatic carbocycles. The Bertz CT molecular complexity index is 1240. The van der Waals surface area contributed by atoms with Gasteiger partial charge in [-0.05, 0) is 89.1 Å². The van der Waals surface area contributed by atoms with Crippen molar-refractivity contribution >= 4 is 21.9 Å². The average Bonchev–Trinajstić information content (AvgIpc) is 2.83. The summed E-state index contributed by atoms with van der Waals surface area (Å²) in [5.41, 5.74) is -1.56. The molecule has 1 amide bonds. The number of amides is 1. The van der Waals surface area contributed by atoms with Gasteiger partial charge in [0.25, 0.3) is 0 Å². The first-order valence-corrected chi connectivity index (χ1v) is 13.4. The van der Waals surface area contributed by atoms with E-state index in [4.69, 9.17) is 14.2 Å². The maximum Gasteiger partial charge on any atom is 0.416 e. The molecule has 3 rings (SSSR count). The number of sulfone groups is 1. The number of likely N-dealkylation sites (tertiary alicyclic amines) is 1. The fourth-order valence-corrected chi connectivity index (χ4v) is 5.93. The minimum absolute atomic E-state index is 0.0220. The fraction of sp³-hybridized carbons (Fsp3) is 0.462. The second kappa shape index (κ2) is 10.8. The van der Waals surface area contributed by atoms with Gasteiger partial charge in [-0.2, -0.15) is 13.2 Å². The lowest BCUT2D eigenvalue weighted by Gasteiger charge is -2.39. The van der Waals surface area contributed by atoms with Crippen molar-refractivity contribution in [2.75, 3.05) is 19.7 Å². The molecule has 0 unspecified atom stereocenters. The molecule has 208 valence electrons. The van der Waals surface area contributed by atoms with Crippen molar-refractivity contribution in [1.82, 2.24) is 4.90 Å².